The summed E-state index contributed by atoms with van der Waals surface area (Å²) in [6.07, 6.45) is 2.10. The molecule has 5 nitrogen and oxygen atoms in total. The van der Waals surface area contributed by atoms with Crippen LogP contribution in [0.5, 0.6) is 0 Å². The Morgan fingerprint density at radius 2 is 1.90 bits per heavy atom. The number of hydrogen-bond acceptors (Lipinski definition) is 2. The SMILES string of the molecule is CC(C)c1ccc2c(c1)c1c(n2CC(=O)O)CCC(C(=O)N(C)c2ccccc2)C1. The van der Waals surface area contributed by atoms with Crippen LogP contribution in [-0.4, -0.2) is 28.6 Å². The van der Waals surface area contributed by atoms with Crippen molar-refractivity contribution in [3.63, 3.8) is 0 Å². The molecule has 0 bridgehead atoms. The number of carbonyl (C=O) groups excluding carboxylic acids is 1. The Hall–Kier alpha value is -3.08. The highest BCUT2D eigenvalue weighted by molar-refractivity contribution is 5.96. The van der Waals surface area contributed by atoms with Crippen molar-refractivity contribution in [2.24, 2.45) is 5.92 Å². The van der Waals surface area contributed by atoms with E-state index in [0.29, 0.717) is 18.8 Å². The fourth-order valence-electron chi connectivity index (χ4n) is 4.61. The molecule has 1 aliphatic carbocycles. The Balaban J connectivity index is 1.72. The molecule has 3 aromatic rings. The van der Waals surface area contributed by atoms with Crippen molar-refractivity contribution in [1.82, 2.24) is 4.57 Å². The first kappa shape index (κ1) is 20.2. The van der Waals surface area contributed by atoms with Crippen molar-refractivity contribution in [3.8, 4) is 0 Å². The second kappa shape index (κ2) is 7.98. The predicted octanol–water partition coefficient (Wildman–Crippen LogP) is 4.62. The number of aromatic nitrogens is 1. The fraction of sp³-hybridized carbons (Fsp3) is 0.360. The van der Waals surface area contributed by atoms with E-state index in [0.717, 1.165) is 34.3 Å². The molecule has 5 heteroatoms. The number of nitrogens with zero attached hydrogens (tertiary/aromatic N) is 2. The minimum atomic E-state index is -0.843. The van der Waals surface area contributed by atoms with Crippen molar-refractivity contribution in [2.45, 2.75) is 45.6 Å². The number of para-hydroxylation sites is 1. The van der Waals surface area contributed by atoms with Crippen molar-refractivity contribution >= 4 is 28.5 Å². The van der Waals surface area contributed by atoms with E-state index in [1.165, 1.54) is 5.56 Å². The molecule has 1 heterocycles. The Bertz CT molecular complexity index is 1100. The average Bonchev–Trinajstić information content (AvgIpc) is 3.05. The number of anilines is 1. The van der Waals surface area contributed by atoms with Crippen LogP contribution in [0.1, 0.15) is 43.0 Å². The van der Waals surface area contributed by atoms with Crippen molar-refractivity contribution in [3.05, 3.63) is 65.4 Å². The van der Waals surface area contributed by atoms with Crippen LogP contribution >= 0.6 is 0 Å². The van der Waals surface area contributed by atoms with Crippen LogP contribution in [-0.2, 0) is 29.0 Å². The molecule has 1 N–H and O–H groups in total. The summed E-state index contributed by atoms with van der Waals surface area (Å²) in [7, 11) is 1.83. The van der Waals surface area contributed by atoms with Gasteiger partial charge in [-0.25, -0.2) is 0 Å². The van der Waals surface area contributed by atoms with Crippen LogP contribution in [0.3, 0.4) is 0 Å². The first-order valence-corrected chi connectivity index (χ1v) is 10.5. The molecule has 0 saturated heterocycles. The van der Waals surface area contributed by atoms with Gasteiger partial charge in [-0.05, 0) is 60.6 Å². The van der Waals surface area contributed by atoms with E-state index in [1.54, 1.807) is 4.90 Å². The summed E-state index contributed by atoms with van der Waals surface area (Å²) in [6, 6.07) is 16.0. The second-order valence-corrected chi connectivity index (χ2v) is 8.51. The van der Waals surface area contributed by atoms with Gasteiger partial charge in [0.05, 0.1) is 0 Å². The van der Waals surface area contributed by atoms with E-state index >= 15 is 0 Å². The third-order valence-corrected chi connectivity index (χ3v) is 6.27. The fourth-order valence-corrected chi connectivity index (χ4v) is 4.61. The van der Waals surface area contributed by atoms with Crippen LogP contribution in [0.15, 0.2) is 48.5 Å². The Kier molecular flexibility index (Phi) is 5.37. The lowest BCUT2D eigenvalue weighted by atomic mass is 9.85. The summed E-state index contributed by atoms with van der Waals surface area (Å²) in [4.78, 5) is 26.5. The quantitative estimate of drug-likeness (QED) is 0.675. The molecule has 4 rings (SSSR count). The molecule has 1 atom stereocenters. The largest absolute Gasteiger partial charge is 0.480 e. The summed E-state index contributed by atoms with van der Waals surface area (Å²) < 4.78 is 1.93. The second-order valence-electron chi connectivity index (χ2n) is 8.51. The standard InChI is InChI=1S/C25H28N2O3/c1-16(2)17-9-11-22-20(13-17)21-14-18(10-12-23(21)27(22)15-24(28)29)25(30)26(3)19-7-5-4-6-8-19/h4-9,11,13,16,18H,10,12,14-15H2,1-3H3,(H,28,29). The number of carboxylic acids is 1. The maximum Gasteiger partial charge on any atom is 0.323 e. The number of rotatable bonds is 5. The van der Waals surface area contributed by atoms with Gasteiger partial charge in [-0.3, -0.25) is 9.59 Å². The van der Waals surface area contributed by atoms with Gasteiger partial charge in [0, 0.05) is 35.2 Å². The predicted molar refractivity (Wildman–Crippen MR) is 119 cm³/mol. The van der Waals surface area contributed by atoms with Crippen LogP contribution in [0.25, 0.3) is 10.9 Å². The number of carbonyl (C=O) groups is 2. The van der Waals surface area contributed by atoms with Crippen molar-refractivity contribution < 1.29 is 14.7 Å². The molecular weight excluding hydrogens is 376 g/mol. The number of amides is 1. The van der Waals surface area contributed by atoms with Gasteiger partial charge in [0.15, 0.2) is 0 Å². The molecular formula is C25H28N2O3. The molecule has 1 aromatic heterocycles. The van der Waals surface area contributed by atoms with Gasteiger partial charge >= 0.3 is 5.97 Å². The highest BCUT2D eigenvalue weighted by atomic mass is 16.4. The maximum atomic E-state index is 13.2. The zero-order chi connectivity index (χ0) is 21.4. The average molecular weight is 405 g/mol. The van der Waals surface area contributed by atoms with Crippen molar-refractivity contribution in [1.29, 1.82) is 0 Å². The van der Waals surface area contributed by atoms with Gasteiger partial charge in [0.1, 0.15) is 6.54 Å². The van der Waals surface area contributed by atoms with Crippen LogP contribution in [0, 0.1) is 5.92 Å². The lowest BCUT2D eigenvalue weighted by Crippen LogP contribution is -2.36. The molecule has 1 aliphatic rings. The topological polar surface area (TPSA) is 62.5 Å². The van der Waals surface area contributed by atoms with E-state index in [-0.39, 0.29) is 18.4 Å². The molecule has 1 unspecified atom stereocenters. The molecule has 2 aromatic carbocycles. The first-order valence-electron chi connectivity index (χ1n) is 10.5. The summed E-state index contributed by atoms with van der Waals surface area (Å²) in [5.74, 6) is -0.442. The minimum Gasteiger partial charge on any atom is -0.480 e. The van der Waals surface area contributed by atoms with E-state index < -0.39 is 5.97 Å². The Labute approximate surface area is 176 Å². The number of fused-ring (bicyclic) bond motifs is 3. The number of hydrogen-bond donors (Lipinski definition) is 1. The summed E-state index contributed by atoms with van der Waals surface area (Å²) in [5.41, 5.74) is 5.28. The third kappa shape index (κ3) is 3.60. The number of carboxylic acid groups (broad SMARTS) is 1. The normalized spacial score (nSPS) is 15.9. The molecule has 0 spiro atoms. The lowest BCUT2D eigenvalue weighted by molar-refractivity contribution is -0.137. The molecule has 0 saturated carbocycles. The molecule has 1 amide bonds. The van der Waals surface area contributed by atoms with E-state index in [2.05, 4.69) is 26.0 Å². The van der Waals surface area contributed by atoms with Crippen molar-refractivity contribution in [2.75, 3.05) is 11.9 Å². The highest BCUT2D eigenvalue weighted by Crippen LogP contribution is 2.36. The van der Waals surface area contributed by atoms with Gasteiger partial charge in [-0.2, -0.15) is 0 Å². The highest BCUT2D eigenvalue weighted by Gasteiger charge is 2.31. The molecule has 0 aliphatic heterocycles. The van der Waals surface area contributed by atoms with Gasteiger partial charge in [0.25, 0.3) is 0 Å². The summed E-state index contributed by atoms with van der Waals surface area (Å²) in [5, 5.41) is 10.5. The summed E-state index contributed by atoms with van der Waals surface area (Å²) >= 11 is 0. The van der Waals surface area contributed by atoms with Crippen LogP contribution < -0.4 is 4.90 Å². The van der Waals surface area contributed by atoms with Gasteiger partial charge < -0.3 is 14.6 Å². The van der Waals surface area contributed by atoms with Crippen LogP contribution in [0.4, 0.5) is 5.69 Å². The monoisotopic (exact) mass is 404 g/mol. The zero-order valence-electron chi connectivity index (χ0n) is 17.8. The summed E-state index contributed by atoms with van der Waals surface area (Å²) in [6.45, 7) is 4.27. The maximum absolute atomic E-state index is 13.2. The van der Waals surface area contributed by atoms with Gasteiger partial charge in [-0.1, -0.05) is 38.1 Å². The van der Waals surface area contributed by atoms with Crippen LogP contribution in [0.2, 0.25) is 0 Å². The van der Waals surface area contributed by atoms with E-state index in [1.807, 2.05) is 48.0 Å². The Morgan fingerprint density at radius 1 is 1.17 bits per heavy atom. The first-order chi connectivity index (χ1) is 14.4. The number of aliphatic carboxylic acids is 1. The Morgan fingerprint density at radius 3 is 2.57 bits per heavy atom. The van der Waals surface area contributed by atoms with E-state index in [4.69, 9.17) is 0 Å². The van der Waals surface area contributed by atoms with Gasteiger partial charge in [0.2, 0.25) is 5.91 Å². The molecule has 156 valence electrons. The lowest BCUT2D eigenvalue weighted by Gasteiger charge is -2.27. The molecule has 30 heavy (non-hydrogen) atoms. The molecule has 0 radical (unpaired) electrons. The zero-order valence-corrected chi connectivity index (χ0v) is 17.8. The number of benzene rings is 2. The third-order valence-electron chi connectivity index (χ3n) is 6.27. The van der Waals surface area contributed by atoms with Gasteiger partial charge in [-0.15, -0.1) is 0 Å². The smallest absolute Gasteiger partial charge is 0.323 e. The molecule has 0 fully saturated rings. The minimum absolute atomic E-state index is 0.0462. The van der Waals surface area contributed by atoms with E-state index in [9.17, 15) is 14.7 Å².